The zero-order valence-corrected chi connectivity index (χ0v) is 10.8. The number of hydrogen-bond acceptors (Lipinski definition) is 3. The Hall–Kier alpha value is -0.620. The molecule has 0 aromatic heterocycles. The van der Waals surface area contributed by atoms with Crippen molar-refractivity contribution in [2.45, 2.75) is 24.8 Å². The fourth-order valence-electron chi connectivity index (χ4n) is 1.26. The minimum Gasteiger partial charge on any atom is -0.329 e. The van der Waals surface area contributed by atoms with E-state index in [0.29, 0.717) is 10.6 Å². The van der Waals surface area contributed by atoms with Crippen LogP contribution in [0.3, 0.4) is 0 Å². The molecule has 1 aromatic rings. The summed E-state index contributed by atoms with van der Waals surface area (Å²) >= 11 is 5.87. The van der Waals surface area contributed by atoms with Gasteiger partial charge in [0, 0.05) is 17.6 Å². The van der Waals surface area contributed by atoms with Gasteiger partial charge < -0.3 is 5.73 Å². The molecule has 0 aliphatic heterocycles. The molecule has 0 heterocycles. The van der Waals surface area contributed by atoms with Gasteiger partial charge >= 0.3 is 0 Å². The zero-order chi connectivity index (χ0) is 12.3. The Morgan fingerprint density at radius 1 is 1.50 bits per heavy atom. The first-order chi connectivity index (χ1) is 7.38. The van der Waals surface area contributed by atoms with Crippen molar-refractivity contribution in [1.82, 2.24) is 4.72 Å². The van der Waals surface area contributed by atoms with E-state index in [2.05, 4.69) is 4.72 Å². The van der Waals surface area contributed by atoms with Crippen LogP contribution in [0.2, 0.25) is 5.02 Å². The summed E-state index contributed by atoms with van der Waals surface area (Å²) in [5.41, 5.74) is 5.91. The Balaban J connectivity index is 3.13. The smallest absolute Gasteiger partial charge is 0.241 e. The van der Waals surface area contributed by atoms with Crippen molar-refractivity contribution in [2.75, 3.05) is 6.54 Å². The highest BCUT2D eigenvalue weighted by molar-refractivity contribution is 7.89. The van der Waals surface area contributed by atoms with Crippen LogP contribution in [0.4, 0.5) is 0 Å². The minimum absolute atomic E-state index is 0.195. The Bertz CT molecular complexity index is 474. The van der Waals surface area contributed by atoms with Crippen LogP contribution in [0.5, 0.6) is 0 Å². The minimum atomic E-state index is -3.54. The van der Waals surface area contributed by atoms with E-state index in [4.69, 9.17) is 17.3 Å². The second-order valence-electron chi connectivity index (χ2n) is 3.62. The number of benzene rings is 1. The maximum Gasteiger partial charge on any atom is 0.241 e. The van der Waals surface area contributed by atoms with E-state index in [9.17, 15) is 8.42 Å². The van der Waals surface area contributed by atoms with Crippen molar-refractivity contribution in [3.63, 3.8) is 0 Å². The first kappa shape index (κ1) is 13.4. The second kappa shape index (κ2) is 5.14. The summed E-state index contributed by atoms with van der Waals surface area (Å²) in [6, 6.07) is 4.48. The average molecular weight is 263 g/mol. The Morgan fingerprint density at radius 3 is 2.69 bits per heavy atom. The molecule has 0 aliphatic rings. The normalized spacial score (nSPS) is 13.8. The van der Waals surface area contributed by atoms with E-state index in [1.165, 1.54) is 6.07 Å². The fourth-order valence-corrected chi connectivity index (χ4v) is 3.01. The van der Waals surface area contributed by atoms with Gasteiger partial charge in [-0.2, -0.15) is 0 Å². The van der Waals surface area contributed by atoms with Crippen LogP contribution in [0.1, 0.15) is 12.5 Å². The number of halogens is 1. The van der Waals surface area contributed by atoms with Crippen molar-refractivity contribution in [3.8, 4) is 0 Å². The van der Waals surface area contributed by atoms with Gasteiger partial charge in [0.05, 0.1) is 4.90 Å². The van der Waals surface area contributed by atoms with Gasteiger partial charge in [-0.15, -0.1) is 0 Å². The van der Waals surface area contributed by atoms with Crippen LogP contribution < -0.4 is 10.5 Å². The number of rotatable bonds is 4. The second-order valence-corrected chi connectivity index (χ2v) is 5.71. The van der Waals surface area contributed by atoms with E-state index in [1.807, 2.05) is 0 Å². The van der Waals surface area contributed by atoms with Crippen molar-refractivity contribution in [3.05, 3.63) is 28.8 Å². The molecule has 0 saturated carbocycles. The van der Waals surface area contributed by atoms with Crippen molar-refractivity contribution >= 4 is 21.6 Å². The van der Waals surface area contributed by atoms with E-state index in [1.54, 1.807) is 26.0 Å². The maximum absolute atomic E-state index is 11.9. The standard InChI is InChI=1S/C10H15ClN2O2S/c1-7(6-12)13-16(14,15)10-5-3-4-9(11)8(10)2/h3-5,7,13H,6,12H2,1-2H3. The van der Waals surface area contributed by atoms with Gasteiger partial charge in [0.1, 0.15) is 0 Å². The molecule has 1 rings (SSSR count). The Labute approximate surface area is 101 Å². The maximum atomic E-state index is 11.9. The molecule has 1 aromatic carbocycles. The summed E-state index contributed by atoms with van der Waals surface area (Å²) in [6.07, 6.45) is 0. The van der Waals surface area contributed by atoms with E-state index in [-0.39, 0.29) is 17.5 Å². The molecule has 90 valence electrons. The van der Waals surface area contributed by atoms with Gasteiger partial charge in [0.15, 0.2) is 0 Å². The lowest BCUT2D eigenvalue weighted by atomic mass is 10.2. The molecule has 0 radical (unpaired) electrons. The molecule has 0 saturated heterocycles. The van der Waals surface area contributed by atoms with Crippen LogP contribution in [0.15, 0.2) is 23.1 Å². The van der Waals surface area contributed by atoms with Crippen molar-refractivity contribution in [1.29, 1.82) is 0 Å². The average Bonchev–Trinajstić information content (AvgIpc) is 2.21. The van der Waals surface area contributed by atoms with Crippen molar-refractivity contribution < 1.29 is 8.42 Å². The summed E-state index contributed by atoms with van der Waals surface area (Å²) in [5, 5.41) is 0.434. The predicted molar refractivity (Wildman–Crippen MR) is 65.0 cm³/mol. The zero-order valence-electron chi connectivity index (χ0n) is 9.20. The molecular weight excluding hydrogens is 248 g/mol. The first-order valence-electron chi connectivity index (χ1n) is 4.86. The molecule has 0 spiro atoms. The van der Waals surface area contributed by atoms with Crippen LogP contribution >= 0.6 is 11.6 Å². The van der Waals surface area contributed by atoms with Gasteiger partial charge in [-0.1, -0.05) is 17.7 Å². The molecule has 1 unspecified atom stereocenters. The van der Waals surface area contributed by atoms with Crippen LogP contribution in [0, 0.1) is 6.92 Å². The summed E-state index contributed by atoms with van der Waals surface area (Å²) in [6.45, 7) is 3.63. The Kier molecular flexibility index (Phi) is 4.32. The van der Waals surface area contributed by atoms with E-state index >= 15 is 0 Å². The molecular formula is C10H15ClN2O2S. The summed E-state index contributed by atoms with van der Waals surface area (Å²) in [7, 11) is -3.54. The van der Waals surface area contributed by atoms with E-state index < -0.39 is 10.0 Å². The summed E-state index contributed by atoms with van der Waals surface area (Å²) < 4.78 is 26.4. The molecule has 0 bridgehead atoms. The number of hydrogen-bond donors (Lipinski definition) is 2. The Morgan fingerprint density at radius 2 is 2.12 bits per heavy atom. The van der Waals surface area contributed by atoms with Gasteiger partial charge in [-0.05, 0) is 31.5 Å². The third-order valence-corrected chi connectivity index (χ3v) is 4.36. The number of sulfonamides is 1. The van der Waals surface area contributed by atoms with Crippen LogP contribution in [0.25, 0.3) is 0 Å². The van der Waals surface area contributed by atoms with E-state index in [0.717, 1.165) is 0 Å². The first-order valence-corrected chi connectivity index (χ1v) is 6.72. The highest BCUT2D eigenvalue weighted by atomic mass is 35.5. The highest BCUT2D eigenvalue weighted by Gasteiger charge is 2.19. The molecule has 1 atom stereocenters. The summed E-state index contributed by atoms with van der Waals surface area (Å²) in [5.74, 6) is 0. The lowest BCUT2D eigenvalue weighted by Crippen LogP contribution is -2.38. The number of nitrogens with two attached hydrogens (primary N) is 1. The van der Waals surface area contributed by atoms with Gasteiger partial charge in [-0.25, -0.2) is 13.1 Å². The van der Waals surface area contributed by atoms with Crippen LogP contribution in [-0.4, -0.2) is 21.0 Å². The highest BCUT2D eigenvalue weighted by Crippen LogP contribution is 2.22. The third kappa shape index (κ3) is 2.95. The molecule has 0 aliphatic carbocycles. The molecule has 16 heavy (non-hydrogen) atoms. The lowest BCUT2D eigenvalue weighted by Gasteiger charge is -2.14. The molecule has 0 amide bonds. The summed E-state index contributed by atoms with van der Waals surface area (Å²) in [4.78, 5) is 0.195. The van der Waals surface area contributed by atoms with Gasteiger partial charge in [0.25, 0.3) is 0 Å². The topological polar surface area (TPSA) is 72.2 Å². The van der Waals surface area contributed by atoms with Gasteiger partial charge in [0.2, 0.25) is 10.0 Å². The largest absolute Gasteiger partial charge is 0.329 e. The van der Waals surface area contributed by atoms with Crippen molar-refractivity contribution in [2.24, 2.45) is 5.73 Å². The molecule has 0 fully saturated rings. The predicted octanol–water partition coefficient (Wildman–Crippen LogP) is 1.27. The molecule has 3 N–H and O–H groups in total. The SMILES string of the molecule is Cc1c(Cl)cccc1S(=O)(=O)NC(C)CN. The molecule has 6 heteroatoms. The number of nitrogens with one attached hydrogen (secondary N) is 1. The quantitative estimate of drug-likeness (QED) is 0.858. The fraction of sp³-hybridized carbons (Fsp3) is 0.400. The van der Waals surface area contributed by atoms with Crippen LogP contribution in [-0.2, 0) is 10.0 Å². The third-order valence-electron chi connectivity index (χ3n) is 2.22. The lowest BCUT2D eigenvalue weighted by molar-refractivity contribution is 0.562. The monoisotopic (exact) mass is 262 g/mol. The van der Waals surface area contributed by atoms with Gasteiger partial charge in [-0.3, -0.25) is 0 Å². The molecule has 4 nitrogen and oxygen atoms in total.